The zero-order valence-electron chi connectivity index (χ0n) is 5.89. The van der Waals surface area contributed by atoms with E-state index in [4.69, 9.17) is 0 Å². The van der Waals surface area contributed by atoms with Crippen LogP contribution in [0.5, 0.6) is 0 Å². The predicted molar refractivity (Wildman–Crippen MR) is 38.4 cm³/mol. The van der Waals surface area contributed by atoms with Crippen LogP contribution in [0, 0.1) is 5.92 Å². The van der Waals surface area contributed by atoms with E-state index in [0.717, 1.165) is 12.8 Å². The van der Waals surface area contributed by atoms with E-state index in [1.165, 1.54) is 0 Å². The van der Waals surface area contributed by atoms with Gasteiger partial charge in [-0.05, 0) is 12.8 Å². The molecule has 2 aliphatic rings. The molecule has 2 atom stereocenters. The number of nitrogens with one attached hydrogen (secondary N) is 1. The van der Waals surface area contributed by atoms with Gasteiger partial charge in [0.2, 0.25) is 5.91 Å². The van der Waals surface area contributed by atoms with Crippen LogP contribution in [0.25, 0.3) is 0 Å². The third kappa shape index (κ3) is 0.618. The third-order valence-corrected chi connectivity index (χ3v) is 2.60. The first-order valence-corrected chi connectivity index (χ1v) is 3.70. The molecule has 0 aromatic rings. The van der Waals surface area contributed by atoms with Gasteiger partial charge in [0.15, 0.2) is 0 Å². The molecule has 1 saturated carbocycles. The quantitative estimate of drug-likeness (QED) is 0.533. The van der Waals surface area contributed by atoms with Gasteiger partial charge in [-0.15, -0.1) is 6.58 Å². The Morgan fingerprint density at radius 2 is 2.60 bits per heavy atom. The number of hydrogen-bond acceptors (Lipinski definition) is 1. The van der Waals surface area contributed by atoms with Gasteiger partial charge in [0.25, 0.3) is 0 Å². The fourth-order valence-corrected chi connectivity index (χ4v) is 1.81. The Morgan fingerprint density at radius 1 is 1.80 bits per heavy atom. The molecule has 10 heavy (non-hydrogen) atoms. The Morgan fingerprint density at radius 3 is 3.00 bits per heavy atom. The molecule has 1 aliphatic heterocycles. The summed E-state index contributed by atoms with van der Waals surface area (Å²) in [5, 5.41) is 3.00. The topological polar surface area (TPSA) is 29.1 Å². The minimum Gasteiger partial charge on any atom is -0.350 e. The molecule has 2 fully saturated rings. The summed E-state index contributed by atoms with van der Waals surface area (Å²) < 4.78 is 0. The Hall–Kier alpha value is -0.790. The van der Waals surface area contributed by atoms with Crippen LogP contribution in [0.2, 0.25) is 0 Å². The molecule has 0 aromatic heterocycles. The van der Waals surface area contributed by atoms with Gasteiger partial charge in [-0.2, -0.15) is 0 Å². The molecule has 54 valence electrons. The Kier molecular flexibility index (Phi) is 0.967. The Bertz CT molecular complexity index is 199. The van der Waals surface area contributed by atoms with E-state index in [9.17, 15) is 4.79 Å². The van der Waals surface area contributed by atoms with Crippen LogP contribution in [0.15, 0.2) is 12.7 Å². The molecule has 0 bridgehead atoms. The van der Waals surface area contributed by atoms with Gasteiger partial charge >= 0.3 is 0 Å². The normalized spacial score (nSPS) is 43.6. The van der Waals surface area contributed by atoms with Gasteiger partial charge in [-0.3, -0.25) is 4.79 Å². The van der Waals surface area contributed by atoms with Crippen molar-refractivity contribution in [1.29, 1.82) is 0 Å². The lowest BCUT2D eigenvalue weighted by atomic mass is 10.1. The third-order valence-electron chi connectivity index (χ3n) is 2.60. The van der Waals surface area contributed by atoms with E-state index in [1.807, 2.05) is 6.08 Å². The molecule has 1 spiro atoms. The van der Waals surface area contributed by atoms with Crippen LogP contribution in [0.3, 0.4) is 0 Å². The number of carbonyl (C=O) groups is 1. The smallest absolute Gasteiger partial charge is 0.220 e. The number of amides is 1. The number of rotatable bonds is 1. The summed E-state index contributed by atoms with van der Waals surface area (Å²) >= 11 is 0. The molecule has 1 amide bonds. The summed E-state index contributed by atoms with van der Waals surface area (Å²) in [5.74, 6) is 0.767. The monoisotopic (exact) mass is 137 g/mol. The van der Waals surface area contributed by atoms with Gasteiger partial charge in [0.05, 0.1) is 0 Å². The maximum Gasteiger partial charge on any atom is 0.220 e. The molecule has 1 saturated heterocycles. The van der Waals surface area contributed by atoms with Crippen LogP contribution in [0.1, 0.15) is 19.3 Å². The largest absolute Gasteiger partial charge is 0.350 e. The van der Waals surface area contributed by atoms with Crippen molar-refractivity contribution in [2.24, 2.45) is 5.92 Å². The standard InChI is InChI=1S/C8H11NO/c1-2-6-5-8(6)4-3-7(10)9-8/h2,6H,1,3-5H2,(H,9,10)/t6-,8+/m1/s1. The van der Waals surface area contributed by atoms with Gasteiger partial charge < -0.3 is 5.32 Å². The van der Waals surface area contributed by atoms with Crippen LogP contribution in [-0.4, -0.2) is 11.4 Å². The zero-order valence-corrected chi connectivity index (χ0v) is 5.89. The van der Waals surface area contributed by atoms with E-state index in [1.54, 1.807) is 0 Å². The second kappa shape index (κ2) is 1.62. The van der Waals surface area contributed by atoms with Crippen LogP contribution in [0.4, 0.5) is 0 Å². The highest BCUT2D eigenvalue weighted by Gasteiger charge is 2.55. The van der Waals surface area contributed by atoms with Crippen molar-refractivity contribution in [1.82, 2.24) is 5.32 Å². The van der Waals surface area contributed by atoms with Crippen LogP contribution < -0.4 is 5.32 Å². The van der Waals surface area contributed by atoms with E-state index in [0.29, 0.717) is 12.3 Å². The number of hydrogen-bond donors (Lipinski definition) is 1. The lowest BCUT2D eigenvalue weighted by Gasteiger charge is -2.05. The molecular formula is C8H11NO. The molecule has 2 heteroatoms. The summed E-state index contributed by atoms with van der Waals surface area (Å²) in [6.45, 7) is 3.72. The van der Waals surface area contributed by atoms with E-state index in [2.05, 4.69) is 11.9 Å². The molecule has 0 radical (unpaired) electrons. The van der Waals surface area contributed by atoms with E-state index >= 15 is 0 Å². The van der Waals surface area contributed by atoms with Crippen molar-refractivity contribution in [3.8, 4) is 0 Å². The second-order valence-electron chi connectivity index (χ2n) is 3.25. The maximum absolute atomic E-state index is 10.8. The minimum absolute atomic E-state index is 0.166. The molecule has 1 heterocycles. The highest BCUT2D eigenvalue weighted by atomic mass is 16.2. The second-order valence-corrected chi connectivity index (χ2v) is 3.25. The fourth-order valence-electron chi connectivity index (χ4n) is 1.81. The van der Waals surface area contributed by atoms with Crippen molar-refractivity contribution in [2.75, 3.05) is 0 Å². The van der Waals surface area contributed by atoms with Crippen molar-refractivity contribution >= 4 is 5.91 Å². The zero-order chi connectivity index (χ0) is 7.19. The highest BCUT2D eigenvalue weighted by Crippen LogP contribution is 2.50. The summed E-state index contributed by atoms with van der Waals surface area (Å²) in [7, 11) is 0. The summed E-state index contributed by atoms with van der Waals surface area (Å²) in [6, 6.07) is 0. The summed E-state index contributed by atoms with van der Waals surface area (Å²) in [5.41, 5.74) is 0.166. The van der Waals surface area contributed by atoms with Gasteiger partial charge in [0, 0.05) is 17.9 Å². The van der Waals surface area contributed by atoms with Crippen molar-refractivity contribution in [3.63, 3.8) is 0 Å². The van der Waals surface area contributed by atoms with E-state index < -0.39 is 0 Å². The van der Waals surface area contributed by atoms with Crippen molar-refractivity contribution in [3.05, 3.63) is 12.7 Å². The lowest BCUT2D eigenvalue weighted by molar-refractivity contribution is -0.119. The first-order chi connectivity index (χ1) is 4.77. The van der Waals surface area contributed by atoms with E-state index in [-0.39, 0.29) is 11.4 Å². The molecular weight excluding hydrogens is 126 g/mol. The van der Waals surface area contributed by atoms with Crippen LogP contribution in [-0.2, 0) is 4.79 Å². The SMILES string of the molecule is C=C[C@@H]1C[C@@]12CCC(=O)N2. The average molecular weight is 137 g/mol. The number of carbonyl (C=O) groups excluding carboxylic acids is 1. The molecule has 2 rings (SSSR count). The van der Waals surface area contributed by atoms with Gasteiger partial charge in [-0.25, -0.2) is 0 Å². The first kappa shape index (κ1) is 5.96. The molecule has 2 nitrogen and oxygen atoms in total. The van der Waals surface area contributed by atoms with Gasteiger partial charge in [0.1, 0.15) is 0 Å². The van der Waals surface area contributed by atoms with Crippen molar-refractivity contribution < 1.29 is 4.79 Å². The summed E-state index contributed by atoms with van der Waals surface area (Å²) in [6.07, 6.45) is 4.79. The molecule has 1 aliphatic carbocycles. The minimum atomic E-state index is 0.166. The predicted octanol–water partition coefficient (Wildman–Crippen LogP) is 0.841. The molecule has 0 unspecified atom stereocenters. The Labute approximate surface area is 60.3 Å². The first-order valence-electron chi connectivity index (χ1n) is 3.70. The lowest BCUT2D eigenvalue weighted by Crippen LogP contribution is -2.28. The maximum atomic E-state index is 10.8. The van der Waals surface area contributed by atoms with Gasteiger partial charge in [-0.1, -0.05) is 6.08 Å². The molecule has 0 aromatic carbocycles. The van der Waals surface area contributed by atoms with Crippen LogP contribution >= 0.6 is 0 Å². The molecule has 1 N–H and O–H groups in total. The highest BCUT2D eigenvalue weighted by molar-refractivity contribution is 5.80. The van der Waals surface area contributed by atoms with Crippen molar-refractivity contribution in [2.45, 2.75) is 24.8 Å². The fraction of sp³-hybridized carbons (Fsp3) is 0.625. The summed E-state index contributed by atoms with van der Waals surface area (Å²) in [4.78, 5) is 10.8. The Balaban J connectivity index is 2.08. The average Bonchev–Trinajstić information content (AvgIpc) is 2.46.